The predicted octanol–water partition coefficient (Wildman–Crippen LogP) is 4.91. The molecule has 5 rings (SSSR count). The molecule has 0 bridgehead atoms. The lowest BCUT2D eigenvalue weighted by Gasteiger charge is -2.11. The molecule has 0 atom stereocenters. The van der Waals surface area contributed by atoms with Crippen molar-refractivity contribution in [3.8, 4) is 23.5 Å². The second-order valence-corrected chi connectivity index (χ2v) is 9.05. The van der Waals surface area contributed by atoms with E-state index in [1.165, 1.54) is 20.3 Å². The van der Waals surface area contributed by atoms with Crippen molar-refractivity contribution in [1.82, 2.24) is 9.13 Å². The van der Waals surface area contributed by atoms with Crippen LogP contribution in [0.2, 0.25) is 0 Å². The summed E-state index contributed by atoms with van der Waals surface area (Å²) in [5.41, 5.74) is 7.19. The predicted molar refractivity (Wildman–Crippen MR) is 124 cm³/mol. The van der Waals surface area contributed by atoms with Crippen LogP contribution in [0.15, 0.2) is 35.4 Å². The third-order valence-electron chi connectivity index (χ3n) is 6.69. The number of hydrogen-bond acceptors (Lipinski definition) is 4. The van der Waals surface area contributed by atoms with E-state index < -0.39 is 0 Å². The summed E-state index contributed by atoms with van der Waals surface area (Å²) in [6.45, 7) is 4.71. The van der Waals surface area contributed by atoms with Crippen molar-refractivity contribution in [2.24, 2.45) is 0 Å². The number of allylic oxidation sites excluding steroid dienone is 2. The van der Waals surface area contributed by atoms with Gasteiger partial charge in [0.2, 0.25) is 11.8 Å². The summed E-state index contributed by atoms with van der Waals surface area (Å²) in [7, 11) is 0. The Labute approximate surface area is 187 Å². The van der Waals surface area contributed by atoms with Crippen molar-refractivity contribution in [3.63, 3.8) is 0 Å². The molecule has 0 radical (unpaired) electrons. The first kappa shape index (κ1) is 20.4. The van der Waals surface area contributed by atoms with Gasteiger partial charge in [0.15, 0.2) is 11.8 Å². The summed E-state index contributed by atoms with van der Waals surface area (Å²) >= 11 is 0. The highest BCUT2D eigenvalue weighted by Crippen LogP contribution is 2.41. The second kappa shape index (κ2) is 7.55. The molecule has 0 aliphatic heterocycles. The lowest BCUT2D eigenvalue weighted by atomic mass is 9.96. The zero-order chi connectivity index (χ0) is 22.6. The third kappa shape index (κ3) is 3.27. The Bertz CT molecular complexity index is 1190. The first-order valence-corrected chi connectivity index (χ1v) is 11.0. The molecule has 0 fully saturated rings. The number of benzene rings is 1. The molecule has 0 unspecified atom stereocenters. The maximum atomic E-state index is 10.7. The topological polar surface area (TPSA) is 90.8 Å². The number of aromatic nitrogens is 2. The van der Waals surface area contributed by atoms with Crippen LogP contribution in [0.1, 0.15) is 60.1 Å². The minimum atomic E-state index is 0.0810. The molecule has 6 heteroatoms. The summed E-state index contributed by atoms with van der Waals surface area (Å²) in [6.07, 6.45) is 7.07. The number of hydrogen-bond donors (Lipinski definition) is 4. The molecule has 0 spiro atoms. The van der Waals surface area contributed by atoms with Crippen molar-refractivity contribution in [2.45, 2.75) is 52.6 Å². The third-order valence-corrected chi connectivity index (χ3v) is 6.69. The lowest BCUT2D eigenvalue weighted by Crippen LogP contribution is -2.02. The van der Waals surface area contributed by atoms with Crippen LogP contribution in [-0.4, -0.2) is 29.6 Å². The van der Waals surface area contributed by atoms with Crippen LogP contribution in [0.3, 0.4) is 0 Å². The van der Waals surface area contributed by atoms with Gasteiger partial charge in [-0.1, -0.05) is 47.6 Å². The molecule has 4 N–H and O–H groups in total. The van der Waals surface area contributed by atoms with Crippen LogP contribution in [-0.2, 0) is 25.9 Å². The Morgan fingerprint density at radius 3 is 1.53 bits per heavy atom. The molecule has 0 saturated carbocycles. The van der Waals surface area contributed by atoms with E-state index in [9.17, 15) is 20.4 Å². The fourth-order valence-corrected chi connectivity index (χ4v) is 4.90. The van der Waals surface area contributed by atoms with Gasteiger partial charge in [0.25, 0.3) is 0 Å². The first-order chi connectivity index (χ1) is 15.3. The molecular weight excluding hydrogens is 404 g/mol. The largest absolute Gasteiger partial charge is 0.494 e. The van der Waals surface area contributed by atoms with E-state index in [0.29, 0.717) is 24.2 Å². The summed E-state index contributed by atoms with van der Waals surface area (Å²) in [5, 5.41) is 42.8. The van der Waals surface area contributed by atoms with Gasteiger partial charge in [-0.3, -0.25) is 9.13 Å². The summed E-state index contributed by atoms with van der Waals surface area (Å²) < 4.78 is 3.07. The highest BCUT2D eigenvalue weighted by molar-refractivity contribution is 5.68. The van der Waals surface area contributed by atoms with Gasteiger partial charge in [-0.05, 0) is 50.7 Å². The van der Waals surface area contributed by atoms with Crippen molar-refractivity contribution in [1.29, 1.82) is 0 Å². The van der Waals surface area contributed by atoms with Crippen LogP contribution in [0.4, 0.5) is 0 Å². The van der Waals surface area contributed by atoms with Crippen LogP contribution in [0.25, 0.3) is 12.2 Å². The smallest absolute Gasteiger partial charge is 0.202 e. The quantitative estimate of drug-likeness (QED) is 0.472. The maximum absolute atomic E-state index is 10.7. The van der Waals surface area contributed by atoms with Gasteiger partial charge < -0.3 is 20.4 Å². The van der Waals surface area contributed by atoms with Gasteiger partial charge in [0.05, 0.1) is 13.1 Å². The van der Waals surface area contributed by atoms with Crippen LogP contribution < -0.4 is 0 Å². The van der Waals surface area contributed by atoms with Crippen molar-refractivity contribution >= 4 is 12.2 Å². The van der Waals surface area contributed by atoms with E-state index in [4.69, 9.17) is 0 Å². The zero-order valence-corrected chi connectivity index (χ0v) is 18.4. The Morgan fingerprint density at radius 1 is 0.656 bits per heavy atom. The maximum Gasteiger partial charge on any atom is 0.202 e. The Balaban J connectivity index is 1.44. The summed E-state index contributed by atoms with van der Waals surface area (Å²) in [4.78, 5) is 0. The Kier molecular flexibility index (Phi) is 4.81. The molecule has 2 aliphatic rings. The molecule has 2 heterocycles. The molecule has 0 saturated heterocycles. The summed E-state index contributed by atoms with van der Waals surface area (Å²) in [5.74, 6) is 0.388. The second-order valence-electron chi connectivity index (χ2n) is 9.05. The minimum absolute atomic E-state index is 0.0810. The van der Waals surface area contributed by atoms with Gasteiger partial charge in [-0.2, -0.15) is 0 Å². The Morgan fingerprint density at radius 2 is 1.09 bits per heavy atom. The van der Waals surface area contributed by atoms with Gasteiger partial charge >= 0.3 is 0 Å². The van der Waals surface area contributed by atoms with E-state index in [2.05, 4.69) is 0 Å². The number of fused-ring (bicyclic) bond motifs is 2. The minimum Gasteiger partial charge on any atom is -0.494 e. The van der Waals surface area contributed by atoms with Crippen LogP contribution >= 0.6 is 0 Å². The van der Waals surface area contributed by atoms with Gasteiger partial charge in [-0.25, -0.2) is 0 Å². The monoisotopic (exact) mass is 432 g/mol. The van der Waals surface area contributed by atoms with E-state index >= 15 is 0 Å². The highest BCUT2D eigenvalue weighted by atomic mass is 16.3. The van der Waals surface area contributed by atoms with E-state index in [-0.39, 0.29) is 23.5 Å². The van der Waals surface area contributed by atoms with Gasteiger partial charge in [0, 0.05) is 22.3 Å². The zero-order valence-electron chi connectivity index (χ0n) is 18.4. The molecule has 32 heavy (non-hydrogen) atoms. The lowest BCUT2D eigenvalue weighted by molar-refractivity contribution is 0.374. The normalized spacial score (nSPS) is 15.2. The fourth-order valence-electron chi connectivity index (χ4n) is 4.90. The SMILES string of the molecule is CC1=Cc2c(c(O)n(Cc3cccc(Cn4c(O)c5c(c4O)CCC(C)=C5)c3)c2O)CC1. The molecular formula is C26H28N2O4. The van der Waals surface area contributed by atoms with Crippen molar-refractivity contribution < 1.29 is 20.4 Å². The van der Waals surface area contributed by atoms with Crippen molar-refractivity contribution in [3.05, 3.63) is 68.8 Å². The number of rotatable bonds is 4. The average molecular weight is 433 g/mol. The molecule has 2 aliphatic carbocycles. The van der Waals surface area contributed by atoms with Crippen molar-refractivity contribution in [2.75, 3.05) is 0 Å². The summed E-state index contributed by atoms with van der Waals surface area (Å²) in [6, 6.07) is 7.76. The molecule has 2 aromatic heterocycles. The van der Waals surface area contributed by atoms with E-state index in [0.717, 1.165) is 47.9 Å². The molecule has 6 nitrogen and oxygen atoms in total. The first-order valence-electron chi connectivity index (χ1n) is 11.0. The van der Waals surface area contributed by atoms with Crippen LogP contribution in [0, 0.1) is 0 Å². The van der Waals surface area contributed by atoms with Gasteiger partial charge in [-0.15, -0.1) is 0 Å². The Hall–Kier alpha value is -3.54. The standard InChI is InChI=1S/C26H28N2O4/c1-15-6-8-19-21(10-15)25(31)27(23(19)29)13-17-4-3-5-18(12-17)14-28-24(30)20-9-7-16(2)11-22(20)26(28)32/h3-5,10-12,29-32H,6-9,13-14H2,1-2H3. The number of aromatic hydroxyl groups is 4. The molecule has 166 valence electrons. The van der Waals surface area contributed by atoms with E-state index in [1.54, 1.807) is 0 Å². The van der Waals surface area contributed by atoms with Gasteiger partial charge in [0.1, 0.15) is 0 Å². The average Bonchev–Trinajstić information content (AvgIpc) is 3.14. The molecule has 3 aromatic rings. The molecule has 1 aromatic carbocycles. The highest BCUT2D eigenvalue weighted by Gasteiger charge is 2.25. The van der Waals surface area contributed by atoms with E-state index in [1.807, 2.05) is 50.3 Å². The number of nitrogens with zero attached hydrogens (tertiary/aromatic N) is 2. The van der Waals surface area contributed by atoms with Crippen LogP contribution in [0.5, 0.6) is 23.5 Å². The molecule has 0 amide bonds. The fraction of sp³-hybridized carbons (Fsp3) is 0.308.